The molecule has 5 heteroatoms. The summed E-state index contributed by atoms with van der Waals surface area (Å²) in [6, 6.07) is 4.11. The van der Waals surface area contributed by atoms with Gasteiger partial charge in [-0.3, -0.25) is 0 Å². The van der Waals surface area contributed by atoms with Crippen LogP contribution in [0.3, 0.4) is 0 Å². The lowest BCUT2D eigenvalue weighted by atomic mass is 9.76. The van der Waals surface area contributed by atoms with Crippen molar-refractivity contribution in [3.8, 4) is 0 Å². The smallest absolute Gasteiger partial charge is 0.463 e. The van der Waals surface area contributed by atoms with Gasteiger partial charge in [0.1, 0.15) is 0 Å². The molecule has 0 N–H and O–H groups in total. The maximum Gasteiger partial charge on any atom is 0.494 e. The topological polar surface area (TPSA) is 44.8 Å². The minimum atomic E-state index is -0.379. The summed E-state index contributed by atoms with van der Waals surface area (Å²) >= 11 is 0. The molecule has 0 aliphatic carbocycles. The van der Waals surface area contributed by atoms with E-state index in [1.807, 2.05) is 41.5 Å². The van der Waals surface area contributed by atoms with Crippen LogP contribution in [-0.4, -0.2) is 30.9 Å². The van der Waals surface area contributed by atoms with Crippen molar-refractivity contribution >= 4 is 24.6 Å². The fourth-order valence-corrected chi connectivity index (χ4v) is 2.73. The maximum absolute atomic E-state index is 11.5. The highest BCUT2D eigenvalue weighted by Gasteiger charge is 2.51. The molecule has 2 rings (SSSR count). The number of rotatable bonds is 4. The van der Waals surface area contributed by atoms with E-state index in [1.54, 1.807) is 13.0 Å². The highest BCUT2D eigenvalue weighted by molar-refractivity contribution is 6.62. The number of ether oxygens (including phenoxy) is 1. The minimum absolute atomic E-state index is 0.327. The molecule has 0 radical (unpaired) electrons. The van der Waals surface area contributed by atoms with E-state index in [9.17, 15) is 4.79 Å². The SMILES string of the molecule is CCOC(=O)C=Cc1c(C)cc(B2OC(C)(C)C(C)(C)O2)cc1C. The van der Waals surface area contributed by atoms with Gasteiger partial charge in [0.2, 0.25) is 0 Å². The zero-order valence-electron chi connectivity index (χ0n) is 15.7. The molecule has 1 heterocycles. The van der Waals surface area contributed by atoms with Crippen LogP contribution in [-0.2, 0) is 18.8 Å². The van der Waals surface area contributed by atoms with Crippen LogP contribution in [0.25, 0.3) is 6.08 Å². The van der Waals surface area contributed by atoms with Crippen LogP contribution in [0.15, 0.2) is 18.2 Å². The Morgan fingerprint density at radius 3 is 2.08 bits per heavy atom. The highest BCUT2D eigenvalue weighted by atomic mass is 16.7. The van der Waals surface area contributed by atoms with Crippen molar-refractivity contribution in [1.82, 2.24) is 0 Å². The summed E-state index contributed by atoms with van der Waals surface area (Å²) in [5.74, 6) is -0.327. The lowest BCUT2D eigenvalue weighted by molar-refractivity contribution is -0.137. The molecule has 1 aromatic rings. The van der Waals surface area contributed by atoms with Crippen molar-refractivity contribution < 1.29 is 18.8 Å². The van der Waals surface area contributed by atoms with E-state index >= 15 is 0 Å². The molecular weight excluding hydrogens is 303 g/mol. The first kappa shape index (κ1) is 18.7. The number of hydrogen-bond donors (Lipinski definition) is 0. The van der Waals surface area contributed by atoms with E-state index in [0.717, 1.165) is 22.2 Å². The summed E-state index contributed by atoms with van der Waals surface area (Å²) in [5, 5.41) is 0. The third kappa shape index (κ3) is 3.73. The van der Waals surface area contributed by atoms with E-state index < -0.39 is 0 Å². The van der Waals surface area contributed by atoms with Crippen LogP contribution < -0.4 is 5.46 Å². The van der Waals surface area contributed by atoms with Gasteiger partial charge in [0.05, 0.1) is 17.8 Å². The Morgan fingerprint density at radius 2 is 1.62 bits per heavy atom. The second kappa shape index (κ2) is 6.73. The van der Waals surface area contributed by atoms with Crippen molar-refractivity contribution in [2.24, 2.45) is 0 Å². The molecule has 0 unspecified atom stereocenters. The Morgan fingerprint density at radius 1 is 1.12 bits per heavy atom. The molecule has 0 spiro atoms. The molecule has 0 saturated carbocycles. The second-order valence-electron chi connectivity index (χ2n) is 7.24. The van der Waals surface area contributed by atoms with Crippen LogP contribution in [0.4, 0.5) is 0 Å². The number of benzene rings is 1. The Labute approximate surface area is 145 Å². The molecule has 0 bridgehead atoms. The van der Waals surface area contributed by atoms with Gasteiger partial charge in [0.15, 0.2) is 0 Å². The zero-order chi connectivity index (χ0) is 18.1. The van der Waals surface area contributed by atoms with Gasteiger partial charge in [-0.1, -0.05) is 12.1 Å². The summed E-state index contributed by atoms with van der Waals surface area (Å²) in [6.07, 6.45) is 3.27. The first-order valence-corrected chi connectivity index (χ1v) is 8.39. The maximum atomic E-state index is 11.5. The van der Waals surface area contributed by atoms with Crippen LogP contribution in [0.2, 0.25) is 0 Å². The third-order valence-corrected chi connectivity index (χ3v) is 4.81. The Kier molecular flexibility index (Phi) is 5.26. The van der Waals surface area contributed by atoms with E-state index in [2.05, 4.69) is 12.1 Å². The van der Waals surface area contributed by atoms with E-state index in [4.69, 9.17) is 14.0 Å². The lowest BCUT2D eigenvalue weighted by Gasteiger charge is -2.32. The van der Waals surface area contributed by atoms with Crippen molar-refractivity contribution in [3.63, 3.8) is 0 Å². The summed E-state index contributed by atoms with van der Waals surface area (Å²) in [6.45, 7) is 14.4. The third-order valence-electron chi connectivity index (χ3n) is 4.81. The minimum Gasteiger partial charge on any atom is -0.463 e. The van der Waals surface area contributed by atoms with Crippen LogP contribution in [0.1, 0.15) is 51.3 Å². The average Bonchev–Trinajstić information content (AvgIpc) is 2.66. The molecule has 1 saturated heterocycles. The van der Waals surface area contributed by atoms with Gasteiger partial charge in [-0.05, 0) is 76.7 Å². The van der Waals surface area contributed by atoms with Crippen LogP contribution in [0.5, 0.6) is 0 Å². The standard InChI is InChI=1S/C19H27BO4/c1-8-22-17(21)10-9-16-13(2)11-15(12-14(16)3)20-23-18(4,5)19(6,7)24-20/h9-12H,8H2,1-7H3. The lowest BCUT2D eigenvalue weighted by Crippen LogP contribution is -2.41. The van der Waals surface area contributed by atoms with E-state index in [1.165, 1.54) is 6.08 Å². The Hall–Kier alpha value is -1.59. The Bertz CT molecular complexity index is 622. The second-order valence-corrected chi connectivity index (χ2v) is 7.24. The predicted molar refractivity (Wildman–Crippen MR) is 97.3 cm³/mol. The van der Waals surface area contributed by atoms with Gasteiger partial charge >= 0.3 is 13.1 Å². The molecule has 1 fully saturated rings. The number of carbonyl (C=O) groups is 1. The van der Waals surface area contributed by atoms with Crippen molar-refractivity contribution in [2.75, 3.05) is 6.61 Å². The summed E-state index contributed by atoms with van der Waals surface area (Å²) in [7, 11) is -0.379. The molecule has 130 valence electrons. The first-order valence-electron chi connectivity index (χ1n) is 8.39. The van der Waals surface area contributed by atoms with Crippen molar-refractivity contribution in [2.45, 2.75) is 59.7 Å². The van der Waals surface area contributed by atoms with Crippen LogP contribution in [0, 0.1) is 13.8 Å². The largest absolute Gasteiger partial charge is 0.494 e. The number of aryl methyl sites for hydroxylation is 2. The molecule has 4 nitrogen and oxygen atoms in total. The molecule has 0 aromatic heterocycles. The van der Waals surface area contributed by atoms with Crippen LogP contribution >= 0.6 is 0 Å². The first-order chi connectivity index (χ1) is 11.1. The van der Waals surface area contributed by atoms with Crippen molar-refractivity contribution in [3.05, 3.63) is 34.9 Å². The quantitative estimate of drug-likeness (QED) is 0.483. The highest BCUT2D eigenvalue weighted by Crippen LogP contribution is 2.36. The normalized spacial score (nSPS) is 19.0. The zero-order valence-corrected chi connectivity index (χ0v) is 15.7. The monoisotopic (exact) mass is 330 g/mol. The van der Waals surface area contributed by atoms with E-state index in [-0.39, 0.29) is 24.3 Å². The van der Waals surface area contributed by atoms with Gasteiger partial charge in [-0.15, -0.1) is 0 Å². The molecule has 0 atom stereocenters. The summed E-state index contributed by atoms with van der Waals surface area (Å²) in [5.41, 5.74) is 3.44. The van der Waals surface area contributed by atoms with Gasteiger partial charge in [-0.25, -0.2) is 4.79 Å². The molecule has 24 heavy (non-hydrogen) atoms. The fraction of sp³-hybridized carbons (Fsp3) is 0.526. The number of hydrogen-bond acceptors (Lipinski definition) is 4. The van der Waals surface area contributed by atoms with E-state index in [0.29, 0.717) is 6.61 Å². The fourth-order valence-electron chi connectivity index (χ4n) is 2.73. The van der Waals surface area contributed by atoms with Gasteiger partial charge < -0.3 is 14.0 Å². The summed E-state index contributed by atoms with van der Waals surface area (Å²) < 4.78 is 17.2. The average molecular weight is 330 g/mol. The number of esters is 1. The van der Waals surface area contributed by atoms with Gasteiger partial charge in [0.25, 0.3) is 0 Å². The molecule has 1 aliphatic heterocycles. The van der Waals surface area contributed by atoms with Gasteiger partial charge in [0, 0.05) is 6.08 Å². The molecular formula is C19H27BO4. The van der Waals surface area contributed by atoms with Crippen molar-refractivity contribution in [1.29, 1.82) is 0 Å². The molecule has 1 aromatic carbocycles. The van der Waals surface area contributed by atoms with Gasteiger partial charge in [-0.2, -0.15) is 0 Å². The number of carbonyl (C=O) groups excluding carboxylic acids is 1. The summed E-state index contributed by atoms with van der Waals surface area (Å²) in [4.78, 5) is 11.5. The predicted octanol–water partition coefficient (Wildman–Crippen LogP) is 3.18. The molecule has 1 aliphatic rings. The Balaban J connectivity index is 2.26. The molecule has 0 amide bonds.